The highest BCUT2D eigenvalue weighted by Gasteiger charge is 2.25. The van der Waals surface area contributed by atoms with E-state index in [0.717, 1.165) is 34.2 Å². The van der Waals surface area contributed by atoms with E-state index >= 15 is 0 Å². The number of thiazole rings is 1. The Hall–Kier alpha value is -1.84. The van der Waals surface area contributed by atoms with E-state index < -0.39 is 5.60 Å². The number of fused-ring (bicyclic) bond motifs is 1. The fourth-order valence-electron chi connectivity index (χ4n) is 2.93. The summed E-state index contributed by atoms with van der Waals surface area (Å²) in [4.78, 5) is 32.7. The summed E-state index contributed by atoms with van der Waals surface area (Å²) in [5, 5.41) is 2.97. The smallest absolute Gasteiger partial charge is 0.410 e. The second-order valence-electron chi connectivity index (χ2n) is 7.90. The lowest BCUT2D eigenvalue weighted by Crippen LogP contribution is -2.51. The van der Waals surface area contributed by atoms with Crippen LogP contribution in [0, 0.1) is 0 Å². The Balaban J connectivity index is 1.31. The lowest BCUT2D eigenvalue weighted by atomic mass is 10.2. The Morgan fingerprint density at radius 1 is 1.21 bits per heavy atom. The number of nitrogens with zero attached hydrogens (tertiary/aromatic N) is 3. The predicted molar refractivity (Wildman–Crippen MR) is 118 cm³/mol. The summed E-state index contributed by atoms with van der Waals surface area (Å²) >= 11 is 3.08. The summed E-state index contributed by atoms with van der Waals surface area (Å²) in [5.41, 5.74) is 0.507. The van der Waals surface area contributed by atoms with Crippen molar-refractivity contribution in [2.24, 2.45) is 0 Å². The van der Waals surface area contributed by atoms with Crippen LogP contribution in [0.2, 0.25) is 0 Å². The normalized spacial score (nSPS) is 15.5. The number of aromatic nitrogens is 1. The lowest BCUT2D eigenvalue weighted by Gasteiger charge is -2.35. The van der Waals surface area contributed by atoms with Crippen LogP contribution < -0.4 is 5.32 Å². The standard InChI is InChI=1S/C20H28N4O3S2/c1-20(2,3)27-19(26)24-12-10-23(11-13-24)9-8-21-17(25)14-28-18-22-15-6-4-5-7-16(15)29-18/h4-7H,8-14H2,1-3H3,(H,21,25). The monoisotopic (exact) mass is 436 g/mol. The highest BCUT2D eigenvalue weighted by Crippen LogP contribution is 2.28. The Bertz CT molecular complexity index is 809. The number of piperazine rings is 1. The van der Waals surface area contributed by atoms with Gasteiger partial charge in [0.2, 0.25) is 5.91 Å². The molecule has 3 rings (SSSR count). The number of carbonyl (C=O) groups is 2. The molecule has 9 heteroatoms. The van der Waals surface area contributed by atoms with E-state index in [-0.39, 0.29) is 12.0 Å². The van der Waals surface area contributed by atoms with Gasteiger partial charge in [0.25, 0.3) is 0 Å². The first-order valence-corrected chi connectivity index (χ1v) is 11.6. The molecule has 2 heterocycles. The number of rotatable bonds is 6. The van der Waals surface area contributed by atoms with Gasteiger partial charge in [-0.2, -0.15) is 0 Å². The van der Waals surface area contributed by atoms with E-state index in [1.54, 1.807) is 16.2 Å². The first-order valence-electron chi connectivity index (χ1n) is 9.75. The second kappa shape index (κ2) is 9.77. The van der Waals surface area contributed by atoms with Gasteiger partial charge in [-0.15, -0.1) is 11.3 Å². The molecule has 0 spiro atoms. The molecular formula is C20H28N4O3S2. The van der Waals surface area contributed by atoms with Gasteiger partial charge in [0.05, 0.1) is 16.0 Å². The van der Waals surface area contributed by atoms with Crippen molar-refractivity contribution in [1.29, 1.82) is 0 Å². The van der Waals surface area contributed by atoms with Gasteiger partial charge in [0.1, 0.15) is 5.60 Å². The van der Waals surface area contributed by atoms with Crippen LogP contribution in [0.25, 0.3) is 10.2 Å². The highest BCUT2D eigenvalue weighted by molar-refractivity contribution is 8.01. The summed E-state index contributed by atoms with van der Waals surface area (Å²) in [7, 11) is 0. The second-order valence-corrected chi connectivity index (χ2v) is 10.1. The molecule has 2 amide bonds. The van der Waals surface area contributed by atoms with Crippen LogP contribution in [0.4, 0.5) is 4.79 Å². The van der Waals surface area contributed by atoms with Crippen molar-refractivity contribution >= 4 is 45.3 Å². The number of hydrogen-bond donors (Lipinski definition) is 1. The fourth-order valence-corrected chi connectivity index (χ4v) is 4.82. The predicted octanol–water partition coefficient (Wildman–Crippen LogP) is 3.06. The number of benzene rings is 1. The molecule has 158 valence electrons. The average Bonchev–Trinajstić information content (AvgIpc) is 3.08. The van der Waals surface area contributed by atoms with Crippen molar-refractivity contribution in [1.82, 2.24) is 20.1 Å². The largest absolute Gasteiger partial charge is 0.444 e. The summed E-state index contributed by atoms with van der Waals surface area (Å²) < 4.78 is 7.47. The lowest BCUT2D eigenvalue weighted by molar-refractivity contribution is -0.118. The third-order valence-electron chi connectivity index (χ3n) is 4.38. The van der Waals surface area contributed by atoms with Gasteiger partial charge in [-0.3, -0.25) is 9.69 Å². The molecule has 1 saturated heterocycles. The minimum atomic E-state index is -0.470. The van der Waals surface area contributed by atoms with Gasteiger partial charge in [0, 0.05) is 39.3 Å². The van der Waals surface area contributed by atoms with Crippen molar-refractivity contribution in [3.8, 4) is 0 Å². The third-order valence-corrected chi connectivity index (χ3v) is 6.55. The molecule has 1 aromatic carbocycles. The Morgan fingerprint density at radius 3 is 2.62 bits per heavy atom. The van der Waals surface area contributed by atoms with E-state index in [1.807, 2.05) is 45.0 Å². The maximum absolute atomic E-state index is 12.1. The van der Waals surface area contributed by atoms with Crippen molar-refractivity contribution in [3.05, 3.63) is 24.3 Å². The van der Waals surface area contributed by atoms with Gasteiger partial charge in [0.15, 0.2) is 4.34 Å². The zero-order valence-electron chi connectivity index (χ0n) is 17.1. The number of ether oxygens (including phenoxy) is 1. The molecule has 0 atom stereocenters. The topological polar surface area (TPSA) is 74.8 Å². The summed E-state index contributed by atoms with van der Waals surface area (Å²) in [6.45, 7) is 9.88. The van der Waals surface area contributed by atoms with E-state index in [1.165, 1.54) is 11.8 Å². The molecule has 0 radical (unpaired) electrons. The van der Waals surface area contributed by atoms with Crippen molar-refractivity contribution < 1.29 is 14.3 Å². The van der Waals surface area contributed by atoms with E-state index in [4.69, 9.17) is 4.74 Å². The molecule has 1 aliphatic heterocycles. The van der Waals surface area contributed by atoms with Gasteiger partial charge < -0.3 is 15.0 Å². The Kier molecular flexibility index (Phi) is 7.37. The van der Waals surface area contributed by atoms with Gasteiger partial charge in [-0.1, -0.05) is 23.9 Å². The molecule has 29 heavy (non-hydrogen) atoms. The van der Waals surface area contributed by atoms with Crippen LogP contribution in [0.15, 0.2) is 28.6 Å². The molecule has 0 unspecified atom stereocenters. The molecular weight excluding hydrogens is 408 g/mol. The fraction of sp³-hybridized carbons (Fsp3) is 0.550. The number of amides is 2. The first-order chi connectivity index (χ1) is 13.8. The zero-order valence-corrected chi connectivity index (χ0v) is 18.8. The van der Waals surface area contributed by atoms with Crippen LogP contribution >= 0.6 is 23.1 Å². The number of hydrogen-bond acceptors (Lipinski definition) is 7. The molecule has 7 nitrogen and oxygen atoms in total. The summed E-state index contributed by atoms with van der Waals surface area (Å²) in [6, 6.07) is 7.99. The SMILES string of the molecule is CC(C)(C)OC(=O)N1CCN(CCNC(=O)CSc2nc3ccccc3s2)CC1. The third kappa shape index (κ3) is 6.87. The minimum Gasteiger partial charge on any atom is -0.444 e. The van der Waals surface area contributed by atoms with Gasteiger partial charge in [-0.05, 0) is 32.9 Å². The van der Waals surface area contributed by atoms with Crippen LogP contribution in [0.1, 0.15) is 20.8 Å². The van der Waals surface area contributed by atoms with Gasteiger partial charge >= 0.3 is 6.09 Å². The van der Waals surface area contributed by atoms with Gasteiger partial charge in [-0.25, -0.2) is 9.78 Å². The number of carbonyl (C=O) groups excluding carboxylic acids is 2. The zero-order chi connectivity index (χ0) is 20.9. The van der Waals surface area contributed by atoms with Crippen LogP contribution in [0.3, 0.4) is 0 Å². The Labute approximate surface area is 179 Å². The van der Waals surface area contributed by atoms with Crippen molar-refractivity contribution in [3.63, 3.8) is 0 Å². The van der Waals surface area contributed by atoms with E-state index in [9.17, 15) is 9.59 Å². The molecule has 1 aliphatic rings. The molecule has 0 aliphatic carbocycles. The van der Waals surface area contributed by atoms with E-state index in [0.29, 0.717) is 25.4 Å². The Morgan fingerprint density at radius 2 is 1.93 bits per heavy atom. The minimum absolute atomic E-state index is 0.0154. The molecule has 0 saturated carbocycles. The average molecular weight is 437 g/mol. The first kappa shape index (κ1) is 21.9. The quantitative estimate of drug-likeness (QED) is 0.702. The molecule has 1 fully saturated rings. The highest BCUT2D eigenvalue weighted by atomic mass is 32.2. The van der Waals surface area contributed by atoms with E-state index in [2.05, 4.69) is 15.2 Å². The number of thioether (sulfide) groups is 1. The number of para-hydroxylation sites is 1. The van der Waals surface area contributed by atoms with Crippen LogP contribution in [0.5, 0.6) is 0 Å². The van der Waals surface area contributed by atoms with Crippen LogP contribution in [-0.2, 0) is 9.53 Å². The summed E-state index contributed by atoms with van der Waals surface area (Å²) in [6.07, 6.45) is -0.252. The molecule has 1 N–H and O–H groups in total. The summed E-state index contributed by atoms with van der Waals surface area (Å²) in [5.74, 6) is 0.383. The molecule has 0 bridgehead atoms. The maximum atomic E-state index is 12.1. The van der Waals surface area contributed by atoms with Crippen molar-refractivity contribution in [2.75, 3.05) is 45.0 Å². The number of nitrogens with one attached hydrogen (secondary N) is 1. The van der Waals surface area contributed by atoms with Crippen molar-refractivity contribution in [2.45, 2.75) is 30.7 Å². The maximum Gasteiger partial charge on any atom is 0.410 e. The van der Waals surface area contributed by atoms with Crippen LogP contribution in [-0.4, -0.2) is 77.4 Å². The molecule has 2 aromatic rings. The molecule has 1 aromatic heterocycles.